The fourth-order valence-corrected chi connectivity index (χ4v) is 3.70. The highest BCUT2D eigenvalue weighted by molar-refractivity contribution is 9.10. The van der Waals surface area contributed by atoms with E-state index in [0.717, 1.165) is 6.54 Å². The Kier molecular flexibility index (Phi) is 3.46. The highest BCUT2D eigenvalue weighted by Crippen LogP contribution is 2.26. The molecule has 13 heavy (non-hydrogen) atoms. The van der Waals surface area contributed by atoms with Gasteiger partial charge in [0.05, 0.1) is 0 Å². The van der Waals surface area contributed by atoms with Crippen LogP contribution in [-0.4, -0.2) is 22.8 Å². The van der Waals surface area contributed by atoms with Gasteiger partial charge < -0.3 is 0 Å². The van der Waals surface area contributed by atoms with Crippen molar-refractivity contribution in [3.8, 4) is 0 Å². The molecule has 0 N–H and O–H groups in total. The Morgan fingerprint density at radius 1 is 1.62 bits per heavy atom. The van der Waals surface area contributed by atoms with Crippen molar-refractivity contribution in [2.75, 3.05) is 13.1 Å². The molecule has 1 unspecified atom stereocenters. The Bertz CT molecular complexity index is 287. The van der Waals surface area contributed by atoms with E-state index in [0.29, 0.717) is 4.83 Å². The van der Waals surface area contributed by atoms with Crippen LogP contribution in [0.15, 0.2) is 15.9 Å². The lowest BCUT2D eigenvalue weighted by atomic mass is 10.4. The van der Waals surface area contributed by atoms with Crippen LogP contribution in [0, 0.1) is 0 Å². The monoisotopic (exact) mass is 323 g/mol. The van der Waals surface area contributed by atoms with Crippen LogP contribution in [0.4, 0.5) is 0 Å². The van der Waals surface area contributed by atoms with Gasteiger partial charge >= 0.3 is 0 Å². The molecule has 2 heterocycles. The Morgan fingerprint density at radius 3 is 3.00 bits per heavy atom. The molecular formula is C9H11Br2NS. The van der Waals surface area contributed by atoms with E-state index in [-0.39, 0.29) is 0 Å². The van der Waals surface area contributed by atoms with Crippen LogP contribution in [0.25, 0.3) is 0 Å². The molecule has 1 aromatic rings. The molecule has 1 saturated heterocycles. The van der Waals surface area contributed by atoms with Crippen LogP contribution in [0.1, 0.15) is 11.3 Å². The number of alkyl halides is 1. The van der Waals surface area contributed by atoms with Gasteiger partial charge in [-0.2, -0.15) is 0 Å². The first kappa shape index (κ1) is 10.1. The average molecular weight is 325 g/mol. The molecule has 0 aliphatic carbocycles. The second-order valence-electron chi connectivity index (χ2n) is 3.31. The third kappa shape index (κ3) is 2.55. The van der Waals surface area contributed by atoms with Crippen LogP contribution < -0.4 is 0 Å². The molecule has 0 bridgehead atoms. The third-order valence-corrected chi connectivity index (χ3v) is 4.93. The molecule has 72 valence electrons. The third-order valence-electron chi connectivity index (χ3n) is 2.27. The minimum absolute atomic E-state index is 0.700. The van der Waals surface area contributed by atoms with Crippen molar-refractivity contribution < 1.29 is 0 Å². The predicted molar refractivity (Wildman–Crippen MR) is 64.6 cm³/mol. The van der Waals surface area contributed by atoms with Crippen molar-refractivity contribution in [1.82, 2.24) is 4.90 Å². The van der Waals surface area contributed by atoms with Crippen LogP contribution in [0.2, 0.25) is 0 Å². The summed E-state index contributed by atoms with van der Waals surface area (Å²) in [4.78, 5) is 4.64. The average Bonchev–Trinajstić information content (AvgIpc) is 2.64. The van der Waals surface area contributed by atoms with Gasteiger partial charge in [-0.05, 0) is 40.3 Å². The number of hydrogen-bond acceptors (Lipinski definition) is 2. The quantitative estimate of drug-likeness (QED) is 0.753. The lowest BCUT2D eigenvalue weighted by Crippen LogP contribution is -2.19. The van der Waals surface area contributed by atoms with Gasteiger partial charge in [-0.15, -0.1) is 11.3 Å². The van der Waals surface area contributed by atoms with E-state index in [9.17, 15) is 0 Å². The molecule has 1 fully saturated rings. The molecule has 1 nitrogen and oxygen atoms in total. The highest BCUT2D eigenvalue weighted by atomic mass is 79.9. The predicted octanol–water partition coefficient (Wildman–Crippen LogP) is 3.48. The van der Waals surface area contributed by atoms with Crippen LogP contribution in [-0.2, 0) is 6.54 Å². The van der Waals surface area contributed by atoms with Gasteiger partial charge in [0.25, 0.3) is 0 Å². The summed E-state index contributed by atoms with van der Waals surface area (Å²) < 4.78 is 1.26. The van der Waals surface area contributed by atoms with E-state index in [1.165, 1.54) is 28.9 Å². The van der Waals surface area contributed by atoms with E-state index in [2.05, 4.69) is 48.2 Å². The summed E-state index contributed by atoms with van der Waals surface area (Å²) in [5.41, 5.74) is 0. The second-order valence-corrected chi connectivity index (χ2v) is 6.46. The summed E-state index contributed by atoms with van der Waals surface area (Å²) in [7, 11) is 0. The zero-order chi connectivity index (χ0) is 9.26. The number of halogens is 2. The summed E-state index contributed by atoms with van der Waals surface area (Å²) in [6, 6.07) is 2.13. The minimum atomic E-state index is 0.700. The maximum atomic E-state index is 3.65. The molecule has 1 aliphatic rings. The Balaban J connectivity index is 1.95. The first-order valence-corrected chi connectivity index (χ1v) is 6.93. The maximum Gasteiger partial charge on any atom is 0.0339 e. The van der Waals surface area contributed by atoms with Crippen molar-refractivity contribution in [2.24, 2.45) is 0 Å². The summed E-state index contributed by atoms with van der Waals surface area (Å²) >= 11 is 9.05. The van der Waals surface area contributed by atoms with Crippen LogP contribution in [0.5, 0.6) is 0 Å². The van der Waals surface area contributed by atoms with Crippen molar-refractivity contribution in [3.63, 3.8) is 0 Å². The van der Waals surface area contributed by atoms with Gasteiger partial charge in [-0.1, -0.05) is 15.9 Å². The molecule has 1 atom stereocenters. The smallest absolute Gasteiger partial charge is 0.0339 e. The largest absolute Gasteiger partial charge is 0.297 e. The molecule has 2 rings (SSSR count). The van der Waals surface area contributed by atoms with Gasteiger partial charge in [-0.3, -0.25) is 4.90 Å². The first-order chi connectivity index (χ1) is 6.25. The number of likely N-dealkylation sites (tertiary alicyclic amines) is 1. The number of rotatable bonds is 2. The van der Waals surface area contributed by atoms with Crippen LogP contribution >= 0.6 is 43.2 Å². The summed E-state index contributed by atoms with van der Waals surface area (Å²) in [6.07, 6.45) is 1.28. The fraction of sp³-hybridized carbons (Fsp3) is 0.556. The molecule has 0 amide bonds. The number of thiophene rings is 1. The lowest BCUT2D eigenvalue weighted by Gasteiger charge is -2.13. The van der Waals surface area contributed by atoms with E-state index >= 15 is 0 Å². The van der Waals surface area contributed by atoms with Gasteiger partial charge in [0.1, 0.15) is 0 Å². The highest BCUT2D eigenvalue weighted by Gasteiger charge is 2.20. The first-order valence-electron chi connectivity index (χ1n) is 4.34. The Morgan fingerprint density at radius 2 is 2.46 bits per heavy atom. The van der Waals surface area contributed by atoms with Crippen LogP contribution in [0.3, 0.4) is 0 Å². The van der Waals surface area contributed by atoms with Crippen molar-refractivity contribution in [1.29, 1.82) is 0 Å². The number of hydrogen-bond donors (Lipinski definition) is 0. The molecule has 0 saturated carbocycles. The summed E-state index contributed by atoms with van der Waals surface area (Å²) in [5.74, 6) is 0. The van der Waals surface area contributed by atoms with Crippen molar-refractivity contribution in [2.45, 2.75) is 17.8 Å². The topological polar surface area (TPSA) is 3.24 Å². The minimum Gasteiger partial charge on any atom is -0.297 e. The number of nitrogens with zero attached hydrogens (tertiary/aromatic N) is 1. The van der Waals surface area contributed by atoms with Gasteiger partial charge in [-0.25, -0.2) is 0 Å². The Labute approximate surface area is 99.4 Å². The molecule has 1 aromatic heterocycles. The zero-order valence-electron chi connectivity index (χ0n) is 7.17. The standard InChI is InChI=1S/C9H11Br2NS/c10-7-1-3-12(5-7)6-9-8(11)2-4-13-9/h2,4,7H,1,3,5-6H2. The summed E-state index contributed by atoms with van der Waals surface area (Å²) in [5, 5.41) is 2.14. The second kappa shape index (κ2) is 4.43. The van der Waals surface area contributed by atoms with E-state index < -0.39 is 0 Å². The molecule has 0 radical (unpaired) electrons. The lowest BCUT2D eigenvalue weighted by molar-refractivity contribution is 0.335. The SMILES string of the molecule is Brc1ccsc1CN1CCC(Br)C1. The zero-order valence-corrected chi connectivity index (χ0v) is 11.2. The van der Waals surface area contributed by atoms with Gasteiger partial charge in [0, 0.05) is 27.3 Å². The van der Waals surface area contributed by atoms with E-state index in [1.807, 2.05) is 11.3 Å². The normalized spacial score (nSPS) is 24.0. The van der Waals surface area contributed by atoms with Gasteiger partial charge in [0.15, 0.2) is 0 Å². The van der Waals surface area contributed by atoms with E-state index in [4.69, 9.17) is 0 Å². The summed E-state index contributed by atoms with van der Waals surface area (Å²) in [6.45, 7) is 3.50. The Hall–Kier alpha value is 0.620. The molecular weight excluding hydrogens is 314 g/mol. The molecule has 4 heteroatoms. The fourth-order valence-electron chi connectivity index (χ4n) is 1.57. The van der Waals surface area contributed by atoms with Gasteiger partial charge in [0.2, 0.25) is 0 Å². The molecule has 0 spiro atoms. The molecule has 0 aromatic carbocycles. The van der Waals surface area contributed by atoms with Crippen molar-refractivity contribution >= 4 is 43.2 Å². The maximum absolute atomic E-state index is 3.65. The van der Waals surface area contributed by atoms with E-state index in [1.54, 1.807) is 0 Å². The van der Waals surface area contributed by atoms with Crippen molar-refractivity contribution in [3.05, 3.63) is 20.8 Å². The molecule has 1 aliphatic heterocycles.